The second-order valence-electron chi connectivity index (χ2n) is 3.08. The Bertz CT molecular complexity index is 345. The van der Waals surface area contributed by atoms with E-state index >= 15 is 0 Å². The maximum absolute atomic E-state index is 10.8. The third-order valence-electron chi connectivity index (χ3n) is 1.94. The van der Waals surface area contributed by atoms with Gasteiger partial charge in [0.25, 0.3) is 0 Å². The molecule has 0 heterocycles. The molecule has 0 aliphatic heterocycles. The normalized spacial score (nSPS) is 11.8. The van der Waals surface area contributed by atoms with E-state index in [1.54, 1.807) is 30.3 Å². The lowest BCUT2D eigenvalue weighted by atomic mass is 10.0. The predicted molar refractivity (Wildman–Crippen MR) is 50.8 cm³/mol. The number of aliphatic carboxylic acids is 1. The van der Waals surface area contributed by atoms with Gasteiger partial charge in [0, 0.05) is 6.92 Å². The summed E-state index contributed by atoms with van der Waals surface area (Å²) in [5.41, 5.74) is 0.568. The lowest BCUT2D eigenvalue weighted by molar-refractivity contribution is -0.308. The average molecular weight is 207 g/mol. The van der Waals surface area contributed by atoms with Crippen LogP contribution in [0.3, 0.4) is 0 Å². The fraction of sp³-hybridized carbons (Fsp3) is 0.273. The van der Waals surface area contributed by atoms with Crippen molar-refractivity contribution in [2.75, 3.05) is 6.61 Å². The Hall–Kier alpha value is -1.84. The SMILES string of the molecule is CC(=O)OC[C@@H](C(=O)[O-])c1ccccc1. The van der Waals surface area contributed by atoms with Crippen LogP contribution >= 0.6 is 0 Å². The minimum absolute atomic E-state index is 0.193. The van der Waals surface area contributed by atoms with Crippen LogP contribution in [0.4, 0.5) is 0 Å². The minimum Gasteiger partial charge on any atom is -0.549 e. The van der Waals surface area contributed by atoms with Gasteiger partial charge in [-0.25, -0.2) is 0 Å². The van der Waals surface area contributed by atoms with Crippen LogP contribution in [0, 0.1) is 0 Å². The van der Waals surface area contributed by atoms with Crippen molar-refractivity contribution in [1.29, 1.82) is 0 Å². The van der Waals surface area contributed by atoms with E-state index in [4.69, 9.17) is 0 Å². The number of ether oxygens (including phenoxy) is 1. The molecule has 0 bridgehead atoms. The molecule has 4 heteroatoms. The number of benzene rings is 1. The molecule has 0 fully saturated rings. The Morgan fingerprint density at radius 3 is 2.40 bits per heavy atom. The zero-order chi connectivity index (χ0) is 11.3. The first-order valence-corrected chi connectivity index (χ1v) is 4.50. The van der Waals surface area contributed by atoms with Gasteiger partial charge in [0.05, 0.1) is 11.9 Å². The first-order chi connectivity index (χ1) is 7.11. The predicted octanol–water partition coefficient (Wildman–Crippen LogP) is 0.0832. The van der Waals surface area contributed by atoms with Crippen LogP contribution in [-0.2, 0) is 14.3 Å². The molecule has 1 rings (SSSR count). The Labute approximate surface area is 87.5 Å². The second-order valence-corrected chi connectivity index (χ2v) is 3.08. The maximum atomic E-state index is 10.8. The highest BCUT2D eigenvalue weighted by atomic mass is 16.5. The second kappa shape index (κ2) is 5.14. The molecule has 0 aromatic heterocycles. The van der Waals surface area contributed by atoms with Gasteiger partial charge in [0.1, 0.15) is 6.61 Å². The van der Waals surface area contributed by atoms with Crippen LogP contribution in [0.1, 0.15) is 18.4 Å². The number of esters is 1. The lowest BCUT2D eigenvalue weighted by Crippen LogP contribution is -2.32. The van der Waals surface area contributed by atoms with Crippen molar-refractivity contribution < 1.29 is 19.4 Å². The largest absolute Gasteiger partial charge is 0.549 e. The molecule has 0 radical (unpaired) electrons. The summed E-state index contributed by atoms with van der Waals surface area (Å²) in [6, 6.07) is 8.54. The fourth-order valence-electron chi connectivity index (χ4n) is 1.19. The molecule has 0 amide bonds. The van der Waals surface area contributed by atoms with Crippen molar-refractivity contribution in [3.05, 3.63) is 35.9 Å². The molecule has 0 saturated heterocycles. The van der Waals surface area contributed by atoms with Crippen LogP contribution in [0.2, 0.25) is 0 Å². The number of carbonyl (C=O) groups excluding carboxylic acids is 2. The molecule has 0 aliphatic rings. The van der Waals surface area contributed by atoms with Crippen molar-refractivity contribution in [3.8, 4) is 0 Å². The molecule has 15 heavy (non-hydrogen) atoms. The van der Waals surface area contributed by atoms with Gasteiger partial charge in [-0.15, -0.1) is 0 Å². The summed E-state index contributed by atoms with van der Waals surface area (Å²) < 4.78 is 4.66. The summed E-state index contributed by atoms with van der Waals surface area (Å²) >= 11 is 0. The molecule has 0 saturated carbocycles. The van der Waals surface area contributed by atoms with E-state index in [0.29, 0.717) is 5.56 Å². The molecule has 1 atom stereocenters. The summed E-state index contributed by atoms with van der Waals surface area (Å²) in [6.45, 7) is 1.04. The van der Waals surface area contributed by atoms with E-state index in [2.05, 4.69) is 4.74 Å². The molecule has 80 valence electrons. The summed E-state index contributed by atoms with van der Waals surface area (Å²) in [7, 11) is 0. The average Bonchev–Trinajstić information content (AvgIpc) is 2.18. The van der Waals surface area contributed by atoms with Gasteiger partial charge in [0.15, 0.2) is 0 Å². The van der Waals surface area contributed by atoms with Crippen LogP contribution in [0.15, 0.2) is 30.3 Å². The molecule has 1 aromatic carbocycles. The van der Waals surface area contributed by atoms with Crippen molar-refractivity contribution in [2.24, 2.45) is 0 Å². The number of hydrogen-bond donors (Lipinski definition) is 0. The molecule has 4 nitrogen and oxygen atoms in total. The quantitative estimate of drug-likeness (QED) is 0.656. The van der Waals surface area contributed by atoms with Gasteiger partial charge in [-0.3, -0.25) is 4.79 Å². The Morgan fingerprint density at radius 2 is 1.93 bits per heavy atom. The molecule has 1 aromatic rings. The topological polar surface area (TPSA) is 66.4 Å². The van der Waals surface area contributed by atoms with Gasteiger partial charge in [-0.2, -0.15) is 0 Å². The van der Waals surface area contributed by atoms with Crippen LogP contribution in [0.5, 0.6) is 0 Å². The lowest BCUT2D eigenvalue weighted by Gasteiger charge is -2.17. The van der Waals surface area contributed by atoms with E-state index in [9.17, 15) is 14.7 Å². The zero-order valence-corrected chi connectivity index (χ0v) is 8.30. The highest BCUT2D eigenvalue weighted by molar-refractivity contribution is 5.75. The third-order valence-corrected chi connectivity index (χ3v) is 1.94. The molecule has 0 N–H and O–H groups in total. The summed E-state index contributed by atoms with van der Waals surface area (Å²) in [4.78, 5) is 21.4. The highest BCUT2D eigenvalue weighted by Gasteiger charge is 2.13. The number of hydrogen-bond acceptors (Lipinski definition) is 4. The number of carboxylic acids is 1. The summed E-state index contributed by atoms with van der Waals surface area (Å²) in [6.07, 6.45) is 0. The van der Waals surface area contributed by atoms with Crippen molar-refractivity contribution in [2.45, 2.75) is 12.8 Å². The summed E-state index contributed by atoms with van der Waals surface area (Å²) in [5, 5.41) is 10.8. The van der Waals surface area contributed by atoms with Gasteiger partial charge in [-0.1, -0.05) is 30.3 Å². The third kappa shape index (κ3) is 3.42. The van der Waals surface area contributed by atoms with Gasteiger partial charge >= 0.3 is 5.97 Å². The minimum atomic E-state index is -1.25. The monoisotopic (exact) mass is 207 g/mol. The smallest absolute Gasteiger partial charge is 0.302 e. The van der Waals surface area contributed by atoms with E-state index < -0.39 is 17.9 Å². The number of carboxylic acid groups (broad SMARTS) is 1. The molecule has 0 unspecified atom stereocenters. The fourth-order valence-corrected chi connectivity index (χ4v) is 1.19. The van der Waals surface area contributed by atoms with E-state index in [0.717, 1.165) is 0 Å². The van der Waals surface area contributed by atoms with Crippen LogP contribution in [0.25, 0.3) is 0 Å². The molecule has 0 aliphatic carbocycles. The van der Waals surface area contributed by atoms with Crippen molar-refractivity contribution in [3.63, 3.8) is 0 Å². The van der Waals surface area contributed by atoms with E-state index in [1.165, 1.54) is 6.92 Å². The first-order valence-electron chi connectivity index (χ1n) is 4.50. The Kier molecular flexibility index (Phi) is 3.85. The first kappa shape index (κ1) is 11.2. The number of carbonyl (C=O) groups is 2. The van der Waals surface area contributed by atoms with E-state index in [-0.39, 0.29) is 6.61 Å². The standard InChI is InChI=1S/C11H12O4/c1-8(12)15-7-10(11(13)14)9-5-3-2-4-6-9/h2-6,10H,7H2,1H3,(H,13,14)/p-1/t10-/m1/s1. The van der Waals surface area contributed by atoms with Crippen LogP contribution < -0.4 is 5.11 Å². The summed E-state index contributed by atoms with van der Waals surface area (Å²) in [5.74, 6) is -2.66. The zero-order valence-electron chi connectivity index (χ0n) is 8.30. The molecular weight excluding hydrogens is 196 g/mol. The van der Waals surface area contributed by atoms with Crippen molar-refractivity contribution in [1.82, 2.24) is 0 Å². The van der Waals surface area contributed by atoms with Gasteiger partial charge in [0.2, 0.25) is 0 Å². The van der Waals surface area contributed by atoms with Crippen LogP contribution in [-0.4, -0.2) is 18.5 Å². The Morgan fingerprint density at radius 1 is 1.33 bits per heavy atom. The van der Waals surface area contributed by atoms with Crippen molar-refractivity contribution >= 4 is 11.9 Å². The van der Waals surface area contributed by atoms with Gasteiger partial charge in [-0.05, 0) is 5.56 Å². The Balaban J connectivity index is 2.75. The van der Waals surface area contributed by atoms with Gasteiger partial charge < -0.3 is 14.6 Å². The highest BCUT2D eigenvalue weighted by Crippen LogP contribution is 2.14. The van der Waals surface area contributed by atoms with E-state index in [1.807, 2.05) is 0 Å². The molecular formula is C11H11O4-. The maximum Gasteiger partial charge on any atom is 0.302 e. The molecule has 0 spiro atoms. The number of rotatable bonds is 4.